The third kappa shape index (κ3) is 4.49. The Morgan fingerprint density at radius 3 is 2.60 bits per heavy atom. The Hall–Kier alpha value is -3.79. The molecule has 2 aromatic heterocycles. The van der Waals surface area contributed by atoms with Crippen LogP contribution in [0.1, 0.15) is 34.8 Å². The Morgan fingerprint density at radius 1 is 1.09 bits per heavy atom. The topological polar surface area (TPSA) is 83.8 Å². The first-order valence-electron chi connectivity index (χ1n) is 11.0. The van der Waals surface area contributed by atoms with Crippen LogP contribution in [0.25, 0.3) is 5.52 Å². The Labute approximate surface area is 200 Å². The number of rotatable bonds is 5. The molecule has 0 radical (unpaired) electrons. The maximum absolute atomic E-state index is 14.5. The van der Waals surface area contributed by atoms with E-state index in [0.717, 1.165) is 30.5 Å². The van der Waals surface area contributed by atoms with Gasteiger partial charge in [-0.1, -0.05) is 0 Å². The van der Waals surface area contributed by atoms with Crippen molar-refractivity contribution in [3.63, 3.8) is 0 Å². The summed E-state index contributed by atoms with van der Waals surface area (Å²) in [4.78, 5) is 15.2. The van der Waals surface area contributed by atoms with Gasteiger partial charge in [0, 0.05) is 35.9 Å². The van der Waals surface area contributed by atoms with Crippen LogP contribution in [-0.2, 0) is 9.84 Å². The normalized spacial score (nSPS) is 16.1. The third-order valence-electron chi connectivity index (χ3n) is 6.19. The highest BCUT2D eigenvalue weighted by atomic mass is 32.2. The first kappa shape index (κ1) is 23.0. The lowest BCUT2D eigenvalue weighted by Gasteiger charge is -2.27. The lowest BCUT2D eigenvalue weighted by Crippen LogP contribution is -2.23. The summed E-state index contributed by atoms with van der Waals surface area (Å²) in [6.07, 6.45) is 5.79. The standard InChI is InChI=1S/C25H22F2N4O3S/c1-35(33,34)19-7-5-17(6-8-19)29-25(32)21-15-28-31-12-10-18(14-24(21)31)30-11-2-3-23(30)20-13-16(26)4-9-22(20)27/h4-10,12-15,23H,2-3,11H2,1H3,(H,29,32). The summed E-state index contributed by atoms with van der Waals surface area (Å²) >= 11 is 0. The Kier molecular flexibility index (Phi) is 5.76. The van der Waals surface area contributed by atoms with Crippen molar-refractivity contribution in [1.82, 2.24) is 9.61 Å². The van der Waals surface area contributed by atoms with Crippen molar-refractivity contribution >= 4 is 32.6 Å². The van der Waals surface area contributed by atoms with E-state index in [1.807, 2.05) is 17.0 Å². The second-order valence-corrected chi connectivity index (χ2v) is 10.6. The van der Waals surface area contributed by atoms with E-state index in [1.54, 1.807) is 10.7 Å². The van der Waals surface area contributed by atoms with E-state index >= 15 is 0 Å². The van der Waals surface area contributed by atoms with E-state index in [2.05, 4.69) is 10.4 Å². The van der Waals surface area contributed by atoms with Gasteiger partial charge >= 0.3 is 0 Å². The molecule has 180 valence electrons. The number of hydrogen-bond donors (Lipinski definition) is 1. The molecule has 1 fully saturated rings. The molecule has 7 nitrogen and oxygen atoms in total. The van der Waals surface area contributed by atoms with Crippen LogP contribution in [0.2, 0.25) is 0 Å². The summed E-state index contributed by atoms with van der Waals surface area (Å²) in [5.74, 6) is -1.34. The molecule has 0 spiro atoms. The number of hydrogen-bond acceptors (Lipinski definition) is 5. The molecule has 35 heavy (non-hydrogen) atoms. The summed E-state index contributed by atoms with van der Waals surface area (Å²) in [7, 11) is -3.34. The van der Waals surface area contributed by atoms with Crippen LogP contribution >= 0.6 is 0 Å². The highest BCUT2D eigenvalue weighted by molar-refractivity contribution is 7.90. The minimum atomic E-state index is -3.34. The molecule has 10 heteroatoms. The number of halogens is 2. The minimum Gasteiger partial charge on any atom is -0.364 e. The predicted molar refractivity (Wildman–Crippen MR) is 128 cm³/mol. The zero-order chi connectivity index (χ0) is 24.7. The molecular weight excluding hydrogens is 474 g/mol. The monoisotopic (exact) mass is 496 g/mol. The van der Waals surface area contributed by atoms with E-state index in [0.29, 0.717) is 35.3 Å². The van der Waals surface area contributed by atoms with Crippen molar-refractivity contribution in [3.05, 3.63) is 89.8 Å². The highest BCUT2D eigenvalue weighted by Crippen LogP contribution is 2.38. The van der Waals surface area contributed by atoms with Gasteiger partial charge in [-0.25, -0.2) is 21.7 Å². The van der Waals surface area contributed by atoms with Gasteiger partial charge in [0.1, 0.15) is 11.6 Å². The van der Waals surface area contributed by atoms with Crippen LogP contribution < -0.4 is 10.2 Å². The SMILES string of the molecule is CS(=O)(=O)c1ccc(NC(=O)c2cnn3ccc(N4CCCC4c4cc(F)ccc4F)cc23)cc1. The number of carbonyl (C=O) groups excluding carboxylic acids is 1. The number of benzene rings is 2. The predicted octanol–water partition coefficient (Wildman–Crippen LogP) is 4.61. The number of carbonyl (C=O) groups is 1. The summed E-state index contributed by atoms with van der Waals surface area (Å²) < 4.78 is 53.2. The van der Waals surface area contributed by atoms with Crippen LogP contribution in [0.5, 0.6) is 0 Å². The second kappa shape index (κ2) is 8.77. The quantitative estimate of drug-likeness (QED) is 0.436. The largest absolute Gasteiger partial charge is 0.364 e. The van der Waals surface area contributed by atoms with E-state index in [-0.39, 0.29) is 10.9 Å². The van der Waals surface area contributed by atoms with Gasteiger partial charge in [-0.05, 0) is 67.4 Å². The van der Waals surface area contributed by atoms with Crippen LogP contribution in [0.15, 0.2) is 71.9 Å². The Bertz CT molecular complexity index is 1530. The molecule has 3 heterocycles. The number of fused-ring (bicyclic) bond motifs is 1. The van der Waals surface area contributed by atoms with Crippen LogP contribution in [0.4, 0.5) is 20.2 Å². The molecule has 1 amide bonds. The van der Waals surface area contributed by atoms with Crippen molar-refractivity contribution in [3.8, 4) is 0 Å². The summed E-state index contributed by atoms with van der Waals surface area (Å²) in [5, 5.41) is 7.01. The maximum atomic E-state index is 14.5. The zero-order valence-electron chi connectivity index (χ0n) is 18.8. The molecule has 0 aliphatic carbocycles. The van der Waals surface area contributed by atoms with Crippen molar-refractivity contribution in [2.24, 2.45) is 0 Å². The second-order valence-electron chi connectivity index (χ2n) is 8.54. The molecule has 0 saturated carbocycles. The third-order valence-corrected chi connectivity index (χ3v) is 7.32. The molecule has 2 aromatic carbocycles. The smallest absolute Gasteiger partial charge is 0.259 e. The average molecular weight is 497 g/mol. The van der Waals surface area contributed by atoms with Gasteiger partial charge in [-0.3, -0.25) is 4.79 Å². The number of pyridine rings is 1. The van der Waals surface area contributed by atoms with Gasteiger partial charge in [-0.2, -0.15) is 5.10 Å². The molecule has 1 aliphatic rings. The first-order valence-corrected chi connectivity index (χ1v) is 12.9. The van der Waals surface area contributed by atoms with Crippen LogP contribution in [0, 0.1) is 11.6 Å². The summed E-state index contributed by atoms with van der Waals surface area (Å²) in [5.41, 5.74) is 2.41. The van der Waals surface area contributed by atoms with Gasteiger partial charge in [-0.15, -0.1) is 0 Å². The minimum absolute atomic E-state index is 0.158. The van der Waals surface area contributed by atoms with Crippen molar-refractivity contribution in [2.45, 2.75) is 23.8 Å². The number of nitrogens with one attached hydrogen (secondary N) is 1. The molecular formula is C25H22F2N4O3S. The van der Waals surface area contributed by atoms with Crippen molar-refractivity contribution in [2.75, 3.05) is 23.0 Å². The number of anilines is 2. The number of aromatic nitrogens is 2. The average Bonchev–Trinajstić information content (AvgIpc) is 3.47. The summed E-state index contributed by atoms with van der Waals surface area (Å²) in [6, 6.07) is 12.7. The molecule has 5 rings (SSSR count). The first-order chi connectivity index (χ1) is 16.7. The molecule has 4 aromatic rings. The summed E-state index contributed by atoms with van der Waals surface area (Å²) in [6.45, 7) is 0.666. The fourth-order valence-corrected chi connectivity index (χ4v) is 5.11. The zero-order valence-corrected chi connectivity index (χ0v) is 19.6. The fourth-order valence-electron chi connectivity index (χ4n) is 4.48. The van der Waals surface area contributed by atoms with E-state index in [4.69, 9.17) is 0 Å². The van der Waals surface area contributed by atoms with Crippen molar-refractivity contribution < 1.29 is 22.0 Å². The molecule has 0 bridgehead atoms. The number of amides is 1. The number of sulfone groups is 1. The molecule has 1 atom stereocenters. The number of nitrogens with zero attached hydrogens (tertiary/aromatic N) is 3. The van der Waals surface area contributed by atoms with E-state index < -0.39 is 27.4 Å². The highest BCUT2D eigenvalue weighted by Gasteiger charge is 2.29. The molecule has 1 aliphatic heterocycles. The van der Waals surface area contributed by atoms with Crippen LogP contribution in [-0.4, -0.2) is 36.7 Å². The van der Waals surface area contributed by atoms with Crippen molar-refractivity contribution in [1.29, 1.82) is 0 Å². The Balaban J connectivity index is 1.43. The lowest BCUT2D eigenvalue weighted by atomic mass is 10.0. The molecule has 1 unspecified atom stereocenters. The lowest BCUT2D eigenvalue weighted by molar-refractivity contribution is 0.102. The maximum Gasteiger partial charge on any atom is 0.259 e. The fraction of sp³-hybridized carbons (Fsp3) is 0.200. The van der Waals surface area contributed by atoms with Gasteiger partial charge in [0.15, 0.2) is 9.84 Å². The van der Waals surface area contributed by atoms with Gasteiger partial charge < -0.3 is 10.2 Å². The Morgan fingerprint density at radius 2 is 1.86 bits per heavy atom. The van der Waals surface area contributed by atoms with Gasteiger partial charge in [0.2, 0.25) is 0 Å². The molecule has 1 saturated heterocycles. The van der Waals surface area contributed by atoms with Gasteiger partial charge in [0.05, 0.1) is 28.2 Å². The van der Waals surface area contributed by atoms with E-state index in [1.165, 1.54) is 36.5 Å². The van der Waals surface area contributed by atoms with Crippen LogP contribution in [0.3, 0.4) is 0 Å². The van der Waals surface area contributed by atoms with E-state index in [9.17, 15) is 22.0 Å². The molecule has 1 N–H and O–H groups in total. The van der Waals surface area contributed by atoms with Gasteiger partial charge in [0.25, 0.3) is 5.91 Å².